The number of carbonyl (C=O) groups is 3. The van der Waals surface area contributed by atoms with Gasteiger partial charge in [-0.15, -0.1) is 11.3 Å². The minimum absolute atomic E-state index is 0.0520. The van der Waals surface area contributed by atoms with Crippen molar-refractivity contribution in [2.24, 2.45) is 5.41 Å². The molecule has 2 aromatic heterocycles. The van der Waals surface area contributed by atoms with E-state index in [4.69, 9.17) is 9.15 Å². The molecule has 0 unspecified atom stereocenters. The maximum atomic E-state index is 13.0. The number of Topliss-reactive ketones (excluding diaryl/α,β-unsaturated/α-hetero) is 1. The number of rotatable bonds is 7. The molecule has 0 saturated carbocycles. The van der Waals surface area contributed by atoms with Crippen LogP contribution in [0.15, 0.2) is 52.9 Å². The summed E-state index contributed by atoms with van der Waals surface area (Å²) >= 11 is 1.23. The minimum Gasteiger partial charge on any atom is -0.451 e. The Morgan fingerprint density at radius 3 is 2.42 bits per heavy atom. The lowest BCUT2D eigenvalue weighted by Crippen LogP contribution is -2.34. The number of hydrogen-bond donors (Lipinski definition) is 1. The third-order valence-electron chi connectivity index (χ3n) is 4.31. The van der Waals surface area contributed by atoms with Crippen molar-refractivity contribution in [3.8, 4) is 11.3 Å². The van der Waals surface area contributed by atoms with Crippen LogP contribution in [-0.2, 0) is 16.1 Å². The van der Waals surface area contributed by atoms with Crippen molar-refractivity contribution in [1.29, 1.82) is 0 Å². The number of ketones is 1. The summed E-state index contributed by atoms with van der Waals surface area (Å²) in [6.07, 6.45) is 0. The molecule has 0 radical (unpaired) electrons. The Hall–Kier alpha value is -3.26. The first kappa shape index (κ1) is 22.4. The molecule has 1 N–H and O–H groups in total. The van der Waals surface area contributed by atoms with Crippen LogP contribution in [0.1, 0.15) is 45.9 Å². The molecule has 0 bridgehead atoms. The molecule has 0 fully saturated rings. The standard InChI is InChI=1S/C23H22FNO5S/c1-23(2,3)22(28)25-12-16-8-11-20(31-16)17(26)13-29-21(27)19-10-9-18(30-19)14-4-6-15(24)7-5-14/h4-11H,12-13H2,1-3H3,(H,25,28). The summed E-state index contributed by atoms with van der Waals surface area (Å²) in [4.78, 5) is 37.7. The van der Waals surface area contributed by atoms with Gasteiger partial charge in [0.25, 0.3) is 0 Å². The second kappa shape index (κ2) is 9.26. The van der Waals surface area contributed by atoms with Crippen LogP contribution in [0.2, 0.25) is 0 Å². The highest BCUT2D eigenvalue weighted by Crippen LogP contribution is 2.23. The number of halogens is 1. The maximum Gasteiger partial charge on any atom is 0.374 e. The van der Waals surface area contributed by atoms with Crippen molar-refractivity contribution in [1.82, 2.24) is 5.32 Å². The van der Waals surface area contributed by atoms with Gasteiger partial charge in [0, 0.05) is 15.9 Å². The summed E-state index contributed by atoms with van der Waals surface area (Å²) in [5.41, 5.74) is 0.119. The van der Waals surface area contributed by atoms with Crippen molar-refractivity contribution >= 4 is 29.0 Å². The first-order chi connectivity index (χ1) is 14.6. The summed E-state index contributed by atoms with van der Waals surface area (Å²) in [6.45, 7) is 5.36. The second-order valence-electron chi connectivity index (χ2n) is 7.87. The van der Waals surface area contributed by atoms with E-state index < -0.39 is 18.0 Å². The molecular weight excluding hydrogens is 421 g/mol. The number of carbonyl (C=O) groups excluding carboxylic acids is 3. The minimum atomic E-state index is -0.768. The Morgan fingerprint density at radius 1 is 1.03 bits per heavy atom. The number of ether oxygens (including phenoxy) is 1. The molecule has 0 aliphatic carbocycles. The number of thiophene rings is 1. The van der Waals surface area contributed by atoms with E-state index in [1.807, 2.05) is 20.8 Å². The Morgan fingerprint density at radius 2 is 1.74 bits per heavy atom. The fourth-order valence-corrected chi connectivity index (χ4v) is 3.42. The van der Waals surface area contributed by atoms with Crippen LogP contribution < -0.4 is 5.32 Å². The van der Waals surface area contributed by atoms with E-state index in [2.05, 4.69) is 5.32 Å². The van der Waals surface area contributed by atoms with Crippen molar-refractivity contribution in [2.75, 3.05) is 6.61 Å². The molecule has 1 amide bonds. The van der Waals surface area contributed by atoms with E-state index in [9.17, 15) is 18.8 Å². The Kier molecular flexibility index (Phi) is 6.70. The smallest absolute Gasteiger partial charge is 0.374 e. The summed E-state index contributed by atoms with van der Waals surface area (Å²) in [5.74, 6) is -1.24. The first-order valence-corrected chi connectivity index (χ1v) is 10.4. The van der Waals surface area contributed by atoms with Gasteiger partial charge in [0.15, 0.2) is 6.61 Å². The molecule has 8 heteroatoms. The molecule has 0 atom stereocenters. The van der Waals surface area contributed by atoms with Crippen molar-refractivity contribution in [2.45, 2.75) is 27.3 Å². The molecule has 0 saturated heterocycles. The van der Waals surface area contributed by atoms with Gasteiger partial charge in [-0.2, -0.15) is 0 Å². The van der Waals surface area contributed by atoms with Gasteiger partial charge in [-0.1, -0.05) is 20.8 Å². The van der Waals surface area contributed by atoms with Crippen molar-refractivity contribution in [3.05, 3.63) is 69.9 Å². The Labute approximate surface area is 183 Å². The fourth-order valence-electron chi connectivity index (χ4n) is 2.55. The highest BCUT2D eigenvalue weighted by atomic mass is 32.1. The van der Waals surface area contributed by atoms with Crippen LogP contribution in [0.4, 0.5) is 4.39 Å². The molecule has 0 aliphatic rings. The van der Waals surface area contributed by atoms with Gasteiger partial charge in [0.05, 0.1) is 11.4 Å². The van der Waals surface area contributed by atoms with Gasteiger partial charge in [-0.25, -0.2) is 9.18 Å². The molecule has 3 aromatic rings. The van der Waals surface area contributed by atoms with Gasteiger partial charge in [0.2, 0.25) is 17.5 Å². The van der Waals surface area contributed by atoms with E-state index in [1.54, 1.807) is 18.2 Å². The molecule has 31 heavy (non-hydrogen) atoms. The summed E-state index contributed by atoms with van der Waals surface area (Å²) in [7, 11) is 0. The van der Waals surface area contributed by atoms with Crippen LogP contribution in [0.3, 0.4) is 0 Å². The zero-order valence-corrected chi connectivity index (χ0v) is 18.2. The van der Waals surface area contributed by atoms with E-state index in [0.717, 1.165) is 4.88 Å². The van der Waals surface area contributed by atoms with Gasteiger partial charge in [-0.3, -0.25) is 9.59 Å². The summed E-state index contributed by atoms with van der Waals surface area (Å²) < 4.78 is 23.5. The molecular formula is C23H22FNO5S. The van der Waals surface area contributed by atoms with Gasteiger partial charge in [0.1, 0.15) is 11.6 Å². The van der Waals surface area contributed by atoms with E-state index in [0.29, 0.717) is 22.7 Å². The third-order valence-corrected chi connectivity index (χ3v) is 5.44. The number of hydrogen-bond acceptors (Lipinski definition) is 6. The molecule has 3 rings (SSSR count). The molecule has 1 aromatic carbocycles. The zero-order chi connectivity index (χ0) is 22.6. The zero-order valence-electron chi connectivity index (χ0n) is 17.4. The van der Waals surface area contributed by atoms with Crippen LogP contribution in [0.25, 0.3) is 11.3 Å². The second-order valence-corrected chi connectivity index (χ2v) is 9.04. The normalized spacial score (nSPS) is 11.2. The molecule has 0 aliphatic heterocycles. The lowest BCUT2D eigenvalue weighted by atomic mass is 9.96. The summed E-state index contributed by atoms with van der Waals surface area (Å²) in [5, 5.41) is 2.82. The van der Waals surface area contributed by atoms with Crippen LogP contribution >= 0.6 is 11.3 Å². The van der Waals surface area contributed by atoms with E-state index in [-0.39, 0.29) is 23.3 Å². The lowest BCUT2D eigenvalue weighted by Gasteiger charge is -2.17. The van der Waals surface area contributed by atoms with Crippen LogP contribution in [0, 0.1) is 11.2 Å². The van der Waals surface area contributed by atoms with Crippen LogP contribution in [-0.4, -0.2) is 24.3 Å². The SMILES string of the molecule is CC(C)(C)C(=O)NCc1ccc(C(=O)COC(=O)c2ccc(-c3ccc(F)cc3)o2)s1. The Balaban J connectivity index is 1.53. The van der Waals surface area contributed by atoms with E-state index >= 15 is 0 Å². The van der Waals surface area contributed by atoms with Gasteiger partial charge < -0.3 is 14.5 Å². The molecule has 6 nitrogen and oxygen atoms in total. The fraction of sp³-hybridized carbons (Fsp3) is 0.261. The largest absolute Gasteiger partial charge is 0.451 e. The number of furan rings is 1. The van der Waals surface area contributed by atoms with Crippen LogP contribution in [0.5, 0.6) is 0 Å². The molecule has 2 heterocycles. The average Bonchev–Trinajstić information content (AvgIpc) is 3.40. The Bertz CT molecular complexity index is 1090. The van der Waals surface area contributed by atoms with Crippen molar-refractivity contribution in [3.63, 3.8) is 0 Å². The highest BCUT2D eigenvalue weighted by Gasteiger charge is 2.21. The number of benzene rings is 1. The van der Waals surface area contributed by atoms with Gasteiger partial charge >= 0.3 is 5.97 Å². The predicted molar refractivity (Wildman–Crippen MR) is 114 cm³/mol. The maximum absolute atomic E-state index is 13.0. The molecule has 0 spiro atoms. The molecule has 162 valence electrons. The quantitative estimate of drug-likeness (QED) is 0.417. The van der Waals surface area contributed by atoms with Crippen molar-refractivity contribution < 1.29 is 27.9 Å². The summed E-state index contributed by atoms with van der Waals surface area (Å²) in [6, 6.07) is 12.0. The third kappa shape index (κ3) is 5.88. The number of amides is 1. The predicted octanol–water partition coefficient (Wildman–Crippen LogP) is 4.85. The van der Waals surface area contributed by atoms with E-state index in [1.165, 1.54) is 41.7 Å². The number of nitrogens with one attached hydrogen (secondary N) is 1. The topological polar surface area (TPSA) is 85.6 Å². The van der Waals surface area contributed by atoms with Gasteiger partial charge in [-0.05, 0) is 48.5 Å². The monoisotopic (exact) mass is 443 g/mol. The highest BCUT2D eigenvalue weighted by molar-refractivity contribution is 7.14. The average molecular weight is 443 g/mol. The lowest BCUT2D eigenvalue weighted by molar-refractivity contribution is -0.128. The number of esters is 1. The first-order valence-electron chi connectivity index (χ1n) is 9.56.